The van der Waals surface area contributed by atoms with E-state index in [1.807, 2.05) is 4.90 Å². The minimum absolute atomic E-state index is 0.0910. The standard InChI is InChI=1S/C15H15N3O4/c19-15(14-6-3-11-22-14)17-9-7-16(8-10-17)12-4-1-2-5-13(12)18(20)21/h1-6,11H,7-10H2. The molecule has 0 bridgehead atoms. The van der Waals surface area contributed by atoms with Crippen molar-refractivity contribution < 1.29 is 14.1 Å². The molecule has 7 heteroatoms. The van der Waals surface area contributed by atoms with Crippen LogP contribution in [0.2, 0.25) is 0 Å². The highest BCUT2D eigenvalue weighted by Gasteiger charge is 2.26. The van der Waals surface area contributed by atoms with Gasteiger partial charge in [0.2, 0.25) is 0 Å². The lowest BCUT2D eigenvalue weighted by molar-refractivity contribution is -0.384. The summed E-state index contributed by atoms with van der Waals surface area (Å²) in [5.74, 6) is 0.173. The van der Waals surface area contributed by atoms with Gasteiger partial charge in [-0.25, -0.2) is 0 Å². The lowest BCUT2D eigenvalue weighted by Crippen LogP contribution is -2.48. The first-order valence-electron chi connectivity index (χ1n) is 6.98. The third-order valence-corrected chi connectivity index (χ3v) is 3.72. The maximum Gasteiger partial charge on any atom is 0.292 e. The first-order valence-corrected chi connectivity index (χ1v) is 6.98. The van der Waals surface area contributed by atoms with Crippen molar-refractivity contribution in [1.82, 2.24) is 4.90 Å². The van der Waals surface area contributed by atoms with Gasteiger partial charge in [-0.05, 0) is 18.2 Å². The fourth-order valence-electron chi connectivity index (χ4n) is 2.59. The number of carbonyl (C=O) groups is 1. The summed E-state index contributed by atoms with van der Waals surface area (Å²) in [5, 5.41) is 11.1. The monoisotopic (exact) mass is 301 g/mol. The van der Waals surface area contributed by atoms with E-state index in [9.17, 15) is 14.9 Å². The van der Waals surface area contributed by atoms with Crippen LogP contribution < -0.4 is 4.90 Å². The van der Waals surface area contributed by atoms with Crippen LogP contribution in [-0.4, -0.2) is 41.9 Å². The molecule has 1 aliphatic heterocycles. The fourth-order valence-corrected chi connectivity index (χ4v) is 2.59. The maximum atomic E-state index is 12.2. The molecule has 2 heterocycles. The maximum absolute atomic E-state index is 12.2. The molecule has 7 nitrogen and oxygen atoms in total. The van der Waals surface area contributed by atoms with Crippen molar-refractivity contribution in [1.29, 1.82) is 0 Å². The summed E-state index contributed by atoms with van der Waals surface area (Å²) in [6.45, 7) is 2.12. The Hall–Kier alpha value is -2.83. The van der Waals surface area contributed by atoms with Gasteiger partial charge in [0.05, 0.1) is 11.2 Å². The number of nitro groups is 1. The molecule has 0 radical (unpaired) electrons. The van der Waals surface area contributed by atoms with Crippen LogP contribution >= 0.6 is 0 Å². The van der Waals surface area contributed by atoms with Gasteiger partial charge in [0.25, 0.3) is 11.6 Å². The molecule has 0 spiro atoms. The van der Waals surface area contributed by atoms with Gasteiger partial charge in [0, 0.05) is 32.2 Å². The quantitative estimate of drug-likeness (QED) is 0.641. The average molecular weight is 301 g/mol. The highest BCUT2D eigenvalue weighted by atomic mass is 16.6. The van der Waals surface area contributed by atoms with Crippen LogP contribution in [0.25, 0.3) is 0 Å². The van der Waals surface area contributed by atoms with Crippen LogP contribution in [0.1, 0.15) is 10.6 Å². The Labute approximate surface area is 126 Å². The van der Waals surface area contributed by atoms with Crippen molar-refractivity contribution in [3.63, 3.8) is 0 Å². The summed E-state index contributed by atoms with van der Waals surface area (Å²) in [5.41, 5.74) is 0.686. The molecule has 1 aliphatic rings. The lowest BCUT2D eigenvalue weighted by atomic mass is 10.2. The predicted molar refractivity (Wildman–Crippen MR) is 79.9 cm³/mol. The number of nitro benzene ring substituents is 1. The van der Waals surface area contributed by atoms with Crippen molar-refractivity contribution in [3.05, 3.63) is 58.5 Å². The third-order valence-electron chi connectivity index (χ3n) is 3.72. The number of benzene rings is 1. The van der Waals surface area contributed by atoms with Gasteiger partial charge in [-0.3, -0.25) is 14.9 Å². The summed E-state index contributed by atoms with van der Waals surface area (Å²) in [6.07, 6.45) is 1.47. The van der Waals surface area contributed by atoms with E-state index < -0.39 is 0 Å². The van der Waals surface area contributed by atoms with Crippen molar-refractivity contribution in [3.8, 4) is 0 Å². The Kier molecular flexibility index (Phi) is 3.78. The molecule has 0 unspecified atom stereocenters. The Bertz CT molecular complexity index is 676. The van der Waals surface area contributed by atoms with Gasteiger partial charge in [-0.1, -0.05) is 12.1 Å². The molecule has 0 saturated carbocycles. The fraction of sp³-hybridized carbons (Fsp3) is 0.267. The van der Waals surface area contributed by atoms with Crippen LogP contribution in [0, 0.1) is 10.1 Å². The number of furan rings is 1. The van der Waals surface area contributed by atoms with E-state index in [2.05, 4.69) is 0 Å². The number of para-hydroxylation sites is 2. The van der Waals surface area contributed by atoms with Gasteiger partial charge in [0.15, 0.2) is 5.76 Å². The van der Waals surface area contributed by atoms with E-state index in [1.165, 1.54) is 12.3 Å². The molecule has 1 fully saturated rings. The number of rotatable bonds is 3. The minimum atomic E-state index is -0.379. The van der Waals surface area contributed by atoms with E-state index in [0.717, 1.165) is 0 Å². The zero-order chi connectivity index (χ0) is 15.5. The predicted octanol–water partition coefficient (Wildman–Crippen LogP) is 2.15. The zero-order valence-corrected chi connectivity index (χ0v) is 11.8. The largest absolute Gasteiger partial charge is 0.459 e. The van der Waals surface area contributed by atoms with Crippen LogP contribution in [0.4, 0.5) is 11.4 Å². The van der Waals surface area contributed by atoms with Gasteiger partial charge < -0.3 is 14.2 Å². The van der Waals surface area contributed by atoms with Crippen LogP contribution in [-0.2, 0) is 0 Å². The van der Waals surface area contributed by atoms with Crippen LogP contribution in [0.5, 0.6) is 0 Å². The van der Waals surface area contributed by atoms with Crippen molar-refractivity contribution in [2.75, 3.05) is 31.1 Å². The Morgan fingerprint density at radius 1 is 1.09 bits per heavy atom. The molecule has 0 atom stereocenters. The summed E-state index contributed by atoms with van der Waals surface area (Å²) < 4.78 is 5.12. The van der Waals surface area contributed by atoms with E-state index in [4.69, 9.17) is 4.42 Å². The van der Waals surface area contributed by atoms with E-state index >= 15 is 0 Å². The Balaban J connectivity index is 1.70. The van der Waals surface area contributed by atoms with Gasteiger partial charge in [-0.15, -0.1) is 0 Å². The molecule has 22 heavy (non-hydrogen) atoms. The van der Waals surface area contributed by atoms with E-state index in [-0.39, 0.29) is 16.5 Å². The highest BCUT2D eigenvalue weighted by Crippen LogP contribution is 2.28. The second-order valence-electron chi connectivity index (χ2n) is 5.00. The molecule has 1 aromatic heterocycles. The van der Waals surface area contributed by atoms with E-state index in [0.29, 0.717) is 37.6 Å². The Morgan fingerprint density at radius 3 is 2.45 bits per heavy atom. The number of anilines is 1. The van der Waals surface area contributed by atoms with Gasteiger partial charge >= 0.3 is 0 Å². The number of amides is 1. The minimum Gasteiger partial charge on any atom is -0.459 e. The average Bonchev–Trinajstić information content (AvgIpc) is 3.09. The molecule has 2 aromatic rings. The summed E-state index contributed by atoms with van der Waals surface area (Å²) in [4.78, 5) is 26.5. The number of hydrogen-bond acceptors (Lipinski definition) is 5. The van der Waals surface area contributed by atoms with Crippen molar-refractivity contribution in [2.45, 2.75) is 0 Å². The smallest absolute Gasteiger partial charge is 0.292 e. The highest BCUT2D eigenvalue weighted by molar-refractivity contribution is 5.91. The molecule has 0 N–H and O–H groups in total. The molecular formula is C15H15N3O4. The first kappa shape index (κ1) is 14.1. The second kappa shape index (κ2) is 5.88. The molecule has 3 rings (SSSR count). The SMILES string of the molecule is O=C(c1ccco1)N1CCN(c2ccccc2[N+](=O)[O-])CC1. The number of carbonyl (C=O) groups excluding carboxylic acids is 1. The van der Waals surface area contributed by atoms with Gasteiger partial charge in [-0.2, -0.15) is 0 Å². The number of nitrogens with zero attached hydrogens (tertiary/aromatic N) is 3. The molecule has 114 valence electrons. The molecule has 1 aromatic carbocycles. The summed E-state index contributed by atoms with van der Waals surface area (Å²) >= 11 is 0. The van der Waals surface area contributed by atoms with Crippen molar-refractivity contribution >= 4 is 17.3 Å². The first-order chi connectivity index (χ1) is 10.7. The molecular weight excluding hydrogens is 286 g/mol. The lowest BCUT2D eigenvalue weighted by Gasteiger charge is -2.35. The van der Waals surface area contributed by atoms with E-state index in [1.54, 1.807) is 35.2 Å². The summed E-state index contributed by atoms with van der Waals surface area (Å²) in [6, 6.07) is 9.98. The van der Waals surface area contributed by atoms with Crippen LogP contribution in [0.15, 0.2) is 47.1 Å². The summed E-state index contributed by atoms with van der Waals surface area (Å²) in [7, 11) is 0. The normalized spacial score (nSPS) is 14.9. The van der Waals surface area contributed by atoms with Crippen LogP contribution in [0.3, 0.4) is 0 Å². The second-order valence-corrected chi connectivity index (χ2v) is 5.00. The van der Waals surface area contributed by atoms with Gasteiger partial charge in [0.1, 0.15) is 5.69 Å². The number of hydrogen-bond donors (Lipinski definition) is 0. The molecule has 1 saturated heterocycles. The zero-order valence-electron chi connectivity index (χ0n) is 11.8. The molecule has 1 amide bonds. The van der Waals surface area contributed by atoms with Crippen molar-refractivity contribution in [2.24, 2.45) is 0 Å². The number of piperazine rings is 1. The molecule has 0 aliphatic carbocycles. The third kappa shape index (κ3) is 2.65. The topological polar surface area (TPSA) is 79.8 Å². The Morgan fingerprint density at radius 2 is 1.82 bits per heavy atom.